The molecule has 2 unspecified atom stereocenters. The van der Waals surface area contributed by atoms with E-state index < -0.39 is 17.1 Å². The molecule has 2 aliphatic heterocycles. The molecule has 202 valence electrons. The third kappa shape index (κ3) is 4.72. The SMILES string of the molecule is Cc1ccccc1NC(=O)Cn1c2c(sc1=O)[C@H](c1ccc(Cl)cc1)C1C(=O)N(c3ccc(Br)cc3)C(=O)C1S2. The van der Waals surface area contributed by atoms with E-state index in [1.54, 1.807) is 42.5 Å². The van der Waals surface area contributed by atoms with E-state index in [1.807, 2.05) is 37.3 Å². The Bertz CT molecular complexity index is 1720. The number of carbonyl (C=O) groups excluding carboxylic acids is 3. The molecule has 7 nitrogen and oxygen atoms in total. The fourth-order valence-electron chi connectivity index (χ4n) is 5.18. The first kappa shape index (κ1) is 27.0. The van der Waals surface area contributed by atoms with E-state index in [1.165, 1.54) is 21.2 Å². The highest BCUT2D eigenvalue weighted by molar-refractivity contribution is 9.10. The molecule has 1 aromatic heterocycles. The molecule has 40 heavy (non-hydrogen) atoms. The van der Waals surface area contributed by atoms with Crippen molar-refractivity contribution in [2.45, 2.75) is 29.7 Å². The van der Waals surface area contributed by atoms with Crippen molar-refractivity contribution in [3.63, 3.8) is 0 Å². The van der Waals surface area contributed by atoms with Gasteiger partial charge in [-0.05, 0) is 60.5 Å². The molecule has 3 aromatic carbocycles. The Morgan fingerprint density at radius 3 is 2.38 bits per heavy atom. The molecule has 0 spiro atoms. The Kier molecular flexibility index (Phi) is 7.20. The maximum Gasteiger partial charge on any atom is 0.308 e. The van der Waals surface area contributed by atoms with Crippen molar-refractivity contribution >= 4 is 79.7 Å². The number of para-hydroxylation sites is 1. The highest BCUT2D eigenvalue weighted by Crippen LogP contribution is 2.54. The number of fused-ring (bicyclic) bond motifs is 2. The van der Waals surface area contributed by atoms with Crippen LogP contribution in [0.3, 0.4) is 0 Å². The van der Waals surface area contributed by atoms with Crippen LogP contribution in [0.25, 0.3) is 0 Å². The van der Waals surface area contributed by atoms with Gasteiger partial charge in [-0.2, -0.15) is 0 Å². The van der Waals surface area contributed by atoms with Crippen LogP contribution in [-0.4, -0.2) is 27.5 Å². The van der Waals surface area contributed by atoms with E-state index in [0.717, 1.165) is 26.9 Å². The van der Waals surface area contributed by atoms with Crippen molar-refractivity contribution in [2.24, 2.45) is 5.92 Å². The Labute approximate surface area is 251 Å². The van der Waals surface area contributed by atoms with Gasteiger partial charge in [-0.3, -0.25) is 23.7 Å². The van der Waals surface area contributed by atoms with E-state index in [9.17, 15) is 19.2 Å². The molecule has 0 saturated carbocycles. The van der Waals surface area contributed by atoms with Crippen LogP contribution in [0.15, 0.2) is 87.1 Å². The van der Waals surface area contributed by atoms with E-state index >= 15 is 0 Å². The van der Waals surface area contributed by atoms with Crippen LogP contribution in [0.2, 0.25) is 5.02 Å². The number of imide groups is 1. The van der Waals surface area contributed by atoms with Crippen LogP contribution >= 0.6 is 50.6 Å². The molecule has 1 saturated heterocycles. The molecular formula is C29H21BrClN3O4S2. The van der Waals surface area contributed by atoms with Crippen molar-refractivity contribution in [1.82, 2.24) is 4.57 Å². The van der Waals surface area contributed by atoms with E-state index in [0.29, 0.717) is 26.3 Å². The zero-order valence-electron chi connectivity index (χ0n) is 21.0. The third-order valence-electron chi connectivity index (χ3n) is 7.08. The summed E-state index contributed by atoms with van der Waals surface area (Å²) in [6.45, 7) is 1.68. The van der Waals surface area contributed by atoms with Crippen molar-refractivity contribution in [3.05, 3.63) is 108 Å². The number of anilines is 2. The molecule has 6 rings (SSSR count). The van der Waals surface area contributed by atoms with Gasteiger partial charge < -0.3 is 5.32 Å². The Balaban J connectivity index is 1.41. The van der Waals surface area contributed by atoms with Crippen LogP contribution < -0.4 is 15.1 Å². The maximum atomic E-state index is 13.9. The molecular weight excluding hydrogens is 634 g/mol. The topological polar surface area (TPSA) is 88.5 Å². The van der Waals surface area contributed by atoms with Gasteiger partial charge in [0, 0.05) is 26.0 Å². The zero-order valence-corrected chi connectivity index (χ0v) is 24.9. The Morgan fingerprint density at radius 1 is 0.975 bits per heavy atom. The first-order valence-corrected chi connectivity index (χ1v) is 15.2. The second-order valence-corrected chi connectivity index (χ2v) is 13.0. The van der Waals surface area contributed by atoms with Crippen LogP contribution in [0, 0.1) is 12.8 Å². The Morgan fingerprint density at radius 2 is 1.68 bits per heavy atom. The highest BCUT2D eigenvalue weighted by Gasteiger charge is 2.56. The average Bonchev–Trinajstić information content (AvgIpc) is 3.37. The second kappa shape index (κ2) is 10.7. The van der Waals surface area contributed by atoms with Crippen LogP contribution in [0.1, 0.15) is 21.9 Å². The summed E-state index contributed by atoms with van der Waals surface area (Å²) >= 11 is 11.8. The molecule has 1 N–H and O–H groups in total. The number of aromatic nitrogens is 1. The van der Waals surface area contributed by atoms with Crippen LogP contribution in [0.4, 0.5) is 11.4 Å². The standard InChI is InChI=1S/C29H21BrClN3O4S2/c1-15-4-2-3-5-20(15)32-21(35)14-33-28-25(40-29(33)38)22(16-6-10-18(31)11-7-16)23-24(39-28)27(37)34(26(23)36)19-12-8-17(30)9-13-19/h2-13,22-24H,14H2,1H3,(H,32,35)/t22-,23?,24?/m1/s1. The molecule has 2 aliphatic rings. The molecule has 1 fully saturated rings. The lowest BCUT2D eigenvalue weighted by molar-refractivity contribution is -0.122. The van der Waals surface area contributed by atoms with E-state index in [4.69, 9.17) is 11.6 Å². The highest BCUT2D eigenvalue weighted by atomic mass is 79.9. The van der Waals surface area contributed by atoms with Gasteiger partial charge in [0.2, 0.25) is 17.7 Å². The summed E-state index contributed by atoms with van der Waals surface area (Å²) in [5.41, 5.74) is 2.83. The summed E-state index contributed by atoms with van der Waals surface area (Å²) in [5.74, 6) is -2.29. The number of hydrogen-bond acceptors (Lipinski definition) is 6. The smallest absolute Gasteiger partial charge is 0.308 e. The summed E-state index contributed by atoms with van der Waals surface area (Å²) in [6.07, 6.45) is 0. The number of thiazole rings is 1. The van der Waals surface area contributed by atoms with Crippen molar-refractivity contribution < 1.29 is 14.4 Å². The molecule has 3 heterocycles. The summed E-state index contributed by atoms with van der Waals surface area (Å²) in [6, 6.07) is 21.5. The molecule has 0 aliphatic carbocycles. The average molecular weight is 655 g/mol. The van der Waals surface area contributed by atoms with Crippen LogP contribution in [0.5, 0.6) is 0 Å². The van der Waals surface area contributed by atoms with Gasteiger partial charge in [-0.25, -0.2) is 4.90 Å². The van der Waals surface area contributed by atoms with E-state index in [2.05, 4.69) is 21.2 Å². The molecule has 11 heteroatoms. The molecule has 4 aromatic rings. The molecule has 3 atom stereocenters. The lowest BCUT2D eigenvalue weighted by atomic mass is 9.83. The lowest BCUT2D eigenvalue weighted by Crippen LogP contribution is -2.33. The minimum absolute atomic E-state index is 0.213. The zero-order chi connectivity index (χ0) is 28.1. The third-order valence-corrected chi connectivity index (χ3v) is 10.5. The minimum atomic E-state index is -0.760. The molecule has 0 radical (unpaired) electrons. The fraction of sp³-hybridized carbons (Fsp3) is 0.172. The first-order chi connectivity index (χ1) is 19.2. The van der Waals surface area contributed by atoms with Gasteiger partial charge in [-0.15, -0.1) is 0 Å². The number of rotatable bonds is 5. The van der Waals surface area contributed by atoms with E-state index in [-0.39, 0.29) is 29.1 Å². The lowest BCUT2D eigenvalue weighted by Gasteiger charge is -2.30. The number of nitrogens with one attached hydrogen (secondary N) is 1. The summed E-state index contributed by atoms with van der Waals surface area (Å²) in [4.78, 5) is 55.6. The predicted octanol–water partition coefficient (Wildman–Crippen LogP) is 6.07. The monoisotopic (exact) mass is 653 g/mol. The molecule has 0 bridgehead atoms. The molecule has 3 amide bonds. The first-order valence-electron chi connectivity index (χ1n) is 12.4. The second-order valence-electron chi connectivity index (χ2n) is 9.57. The summed E-state index contributed by atoms with van der Waals surface area (Å²) < 4.78 is 2.24. The number of nitrogens with zero attached hydrogens (tertiary/aromatic N) is 2. The maximum absolute atomic E-state index is 13.9. The predicted molar refractivity (Wildman–Crippen MR) is 161 cm³/mol. The van der Waals surface area contributed by atoms with Crippen molar-refractivity contribution in [3.8, 4) is 0 Å². The Hall–Kier alpha value is -3.18. The number of hydrogen-bond donors (Lipinski definition) is 1. The van der Waals surface area contributed by atoms with Crippen LogP contribution in [-0.2, 0) is 20.9 Å². The van der Waals surface area contributed by atoms with Gasteiger partial charge in [-0.1, -0.05) is 81.0 Å². The van der Waals surface area contributed by atoms with Gasteiger partial charge in [0.25, 0.3) is 0 Å². The quantitative estimate of drug-likeness (QED) is 0.264. The van der Waals surface area contributed by atoms with Gasteiger partial charge in [0.1, 0.15) is 11.8 Å². The number of carbonyl (C=O) groups is 3. The van der Waals surface area contributed by atoms with Gasteiger partial charge in [0.05, 0.1) is 16.6 Å². The normalized spacial score (nSPS) is 19.9. The fourth-order valence-corrected chi connectivity index (χ4v) is 8.34. The summed E-state index contributed by atoms with van der Waals surface area (Å²) in [7, 11) is 0. The number of aryl methyl sites for hydroxylation is 1. The van der Waals surface area contributed by atoms with Crippen molar-refractivity contribution in [2.75, 3.05) is 10.2 Å². The number of thioether (sulfide) groups is 1. The number of halogens is 2. The summed E-state index contributed by atoms with van der Waals surface area (Å²) in [5, 5.41) is 3.19. The number of benzene rings is 3. The minimum Gasteiger partial charge on any atom is -0.324 e. The van der Waals surface area contributed by atoms with Crippen molar-refractivity contribution in [1.29, 1.82) is 0 Å². The van der Waals surface area contributed by atoms with Gasteiger partial charge >= 0.3 is 4.87 Å². The number of amides is 3. The largest absolute Gasteiger partial charge is 0.324 e. The van der Waals surface area contributed by atoms with Gasteiger partial charge in [0.15, 0.2) is 0 Å².